The van der Waals surface area contributed by atoms with Crippen LogP contribution in [0.4, 0.5) is 0 Å². The Hall–Kier alpha value is -17.9. The van der Waals surface area contributed by atoms with E-state index in [-0.39, 0.29) is 0 Å². The van der Waals surface area contributed by atoms with Crippen molar-refractivity contribution in [2.45, 2.75) is 0 Å². The van der Waals surface area contributed by atoms with E-state index >= 15 is 0 Å². The van der Waals surface area contributed by atoms with Crippen molar-refractivity contribution in [3.05, 3.63) is 419 Å². The molecule has 0 unspecified atom stereocenters. The van der Waals surface area contributed by atoms with Crippen LogP contribution in [0.15, 0.2) is 432 Å². The van der Waals surface area contributed by atoms with Gasteiger partial charge in [-0.2, -0.15) is 15.0 Å². The molecule has 0 spiro atoms. The second-order valence-corrected chi connectivity index (χ2v) is 38.8. The first-order valence-corrected chi connectivity index (χ1v) is 49.0. The summed E-state index contributed by atoms with van der Waals surface area (Å²) in [7, 11) is 0. The summed E-state index contributed by atoms with van der Waals surface area (Å²) in [5, 5.41) is 30.5. The van der Waals surface area contributed by atoms with E-state index in [2.05, 4.69) is 366 Å². The maximum atomic E-state index is 6.68. The van der Waals surface area contributed by atoms with Gasteiger partial charge in [0.1, 0.15) is 16.7 Å². The van der Waals surface area contributed by atoms with Crippen LogP contribution >= 0.6 is 34.0 Å². The molecule has 139 heavy (non-hydrogen) atoms. The summed E-state index contributed by atoms with van der Waals surface area (Å²) in [5.41, 5.74) is 15.9. The van der Waals surface area contributed by atoms with E-state index in [4.69, 9.17) is 43.2 Å². The second kappa shape index (κ2) is 30.3. The van der Waals surface area contributed by atoms with E-state index in [9.17, 15) is 0 Å². The smallest absolute Gasteiger partial charge is 0.233 e. The summed E-state index contributed by atoms with van der Waals surface area (Å²) < 4.78 is 34.5. The summed E-state index contributed by atoms with van der Waals surface area (Å²) in [6.07, 6.45) is 0. The van der Waals surface area contributed by atoms with Gasteiger partial charge in [-0.15, -0.1) is 34.0 Å². The van der Waals surface area contributed by atoms with Gasteiger partial charge in [-0.1, -0.05) is 352 Å². The molecule has 0 saturated heterocycles. The van der Waals surface area contributed by atoms with E-state index in [1.165, 1.54) is 131 Å². The van der Waals surface area contributed by atoms with Crippen LogP contribution in [0.25, 0.3) is 298 Å². The van der Waals surface area contributed by atoms with Gasteiger partial charge in [0, 0.05) is 158 Å². The fourth-order valence-electron chi connectivity index (χ4n) is 22.1. The molecule has 20 aromatic carbocycles. The summed E-state index contributed by atoms with van der Waals surface area (Å²) in [4.78, 5) is 31.4. The Bertz CT molecular complexity index is 10900. The molecule has 0 aliphatic heterocycles. The lowest BCUT2D eigenvalue weighted by Gasteiger charge is -2.13. The van der Waals surface area contributed by atoms with Crippen LogP contribution < -0.4 is 0 Å². The number of furan rings is 3. The van der Waals surface area contributed by atoms with Crippen LogP contribution in [0.2, 0.25) is 0 Å². The molecular formula is C124H69N9O3S3. The molecule has 0 N–H and O–H groups in total. The third-order valence-electron chi connectivity index (χ3n) is 28.0. The van der Waals surface area contributed by atoms with Crippen molar-refractivity contribution in [2.24, 2.45) is 0 Å². The van der Waals surface area contributed by atoms with Gasteiger partial charge in [-0.3, -0.25) is 13.7 Å². The van der Waals surface area contributed by atoms with E-state index < -0.39 is 0 Å². The SMILES string of the molecule is c1ccc(-c2ccc3c(c2)oc2nc(-c4ccccc4)nc(-n4c5ccccc5c5c6c7ccccc7sc6c6ccccc6c54)c23)cc1.c1ccc(-c2nc(-n3c4ccccc4c4c5c6ccccc6sc5c5ccccc5c43)c3c(n2)oc2ccccc23)cc1.c1ccc2cc(-c3nc(-n4c5ccccc5c5c6c7ccccc7sc6c6ccccc6c54)c4c(n3)oc3ccccc34)ccc2c1. The Morgan fingerprint density at radius 2 is 0.475 bits per heavy atom. The zero-order valence-electron chi connectivity index (χ0n) is 73.8. The number of fused-ring (bicyclic) bond motifs is 40. The molecule has 0 atom stereocenters. The highest BCUT2D eigenvalue weighted by Crippen LogP contribution is 2.55. The van der Waals surface area contributed by atoms with Gasteiger partial charge in [0.2, 0.25) is 17.1 Å². The lowest BCUT2D eigenvalue weighted by atomic mass is 10.00. The Kier molecular flexibility index (Phi) is 16.9. The number of hydrogen-bond acceptors (Lipinski definition) is 12. The number of thiophene rings is 3. The average Bonchev–Trinajstić information content (AvgIpc) is 1.54. The third kappa shape index (κ3) is 11.6. The van der Waals surface area contributed by atoms with Crippen molar-refractivity contribution in [1.29, 1.82) is 0 Å². The van der Waals surface area contributed by atoms with Crippen LogP contribution in [-0.4, -0.2) is 43.6 Å². The first kappa shape index (κ1) is 77.6. The zero-order valence-corrected chi connectivity index (χ0v) is 76.3. The van der Waals surface area contributed by atoms with Gasteiger partial charge in [0.25, 0.3) is 0 Å². The fraction of sp³-hybridized carbons (Fsp3) is 0. The molecule has 32 aromatic rings. The van der Waals surface area contributed by atoms with E-state index in [0.717, 1.165) is 133 Å². The van der Waals surface area contributed by atoms with Crippen molar-refractivity contribution in [1.82, 2.24) is 43.6 Å². The highest BCUT2D eigenvalue weighted by Gasteiger charge is 2.32. The lowest BCUT2D eigenvalue weighted by molar-refractivity contribution is 0.652. The highest BCUT2D eigenvalue weighted by atomic mass is 32.1. The topological polar surface area (TPSA) is 132 Å². The Balaban J connectivity index is 0.0000000985. The Morgan fingerprint density at radius 1 is 0.180 bits per heavy atom. The first-order chi connectivity index (χ1) is 69.0. The minimum absolute atomic E-state index is 0.571. The first-order valence-electron chi connectivity index (χ1n) is 46.5. The van der Waals surface area contributed by atoms with Crippen molar-refractivity contribution in [2.75, 3.05) is 0 Å². The average molecular weight is 1830 g/mol. The summed E-state index contributed by atoms with van der Waals surface area (Å²) in [5.74, 6) is 4.35. The summed E-state index contributed by atoms with van der Waals surface area (Å²) in [6.45, 7) is 0. The lowest BCUT2D eigenvalue weighted by Crippen LogP contribution is -2.02. The van der Waals surface area contributed by atoms with Crippen molar-refractivity contribution in [3.8, 4) is 62.7 Å². The Labute approximate surface area is 801 Å². The molecule has 12 heterocycles. The van der Waals surface area contributed by atoms with Gasteiger partial charge in [-0.25, -0.2) is 15.0 Å². The third-order valence-corrected chi connectivity index (χ3v) is 31.6. The standard InChI is InChI=1S/C44H25N3OS.C42H23N3OS.C38H21N3OS/c1-3-13-26(14-4-1)28-23-24-32-35(25-28)48-44-39(32)43(45-42(46-44)27-15-5-2-6-16-27)47-34-21-11-9-19-31(34)37-38-33-20-10-12-22-36(33)49-41(38)30-18-8-7-17-29(30)40(37)47;1-2-12-25-23-26(22-21-24(25)11-1)40-43-41(37-30-16-6-9-19-33(30)46-42(37)44-40)45-32-18-8-5-15-29(32)35-36-31-17-7-10-20-34(31)47-39(36)28-14-4-3-13-27(28)38(35)45;1-2-12-22(13-3-1)36-39-37(33-26-17-7-10-20-29(26)42-38(33)40-36)41-28-19-9-6-16-25(28)31-32-27-18-8-11-21-30(27)43-35(32)24-15-5-4-14-23(24)34(31)41/h1-25H;1-23H;1-21H. The quantitative estimate of drug-likeness (QED) is 0.153. The number of para-hydroxylation sites is 5. The maximum absolute atomic E-state index is 6.68. The fourth-order valence-corrected chi connectivity index (χ4v) is 25.8. The van der Waals surface area contributed by atoms with E-state index in [1.807, 2.05) is 101 Å². The van der Waals surface area contributed by atoms with Crippen LogP contribution in [0.5, 0.6) is 0 Å². The minimum atomic E-state index is 0.571. The summed E-state index contributed by atoms with van der Waals surface area (Å²) in [6, 6.07) is 147. The zero-order chi connectivity index (χ0) is 90.8. The number of nitrogens with zero attached hydrogens (tertiary/aromatic N) is 9. The van der Waals surface area contributed by atoms with Gasteiger partial charge in [0.15, 0.2) is 34.9 Å². The van der Waals surface area contributed by atoms with Gasteiger partial charge >= 0.3 is 0 Å². The van der Waals surface area contributed by atoms with Crippen LogP contribution in [-0.2, 0) is 0 Å². The van der Waals surface area contributed by atoms with E-state index in [1.54, 1.807) is 0 Å². The molecule has 0 bridgehead atoms. The van der Waals surface area contributed by atoms with E-state index in [0.29, 0.717) is 34.6 Å². The molecule has 646 valence electrons. The molecule has 0 aliphatic carbocycles. The van der Waals surface area contributed by atoms with Crippen LogP contribution in [0.1, 0.15) is 0 Å². The predicted molar refractivity (Wildman–Crippen MR) is 581 cm³/mol. The summed E-state index contributed by atoms with van der Waals surface area (Å²) >= 11 is 5.63. The molecule has 32 rings (SSSR count). The van der Waals surface area contributed by atoms with Crippen molar-refractivity contribution >= 4 is 269 Å². The molecule has 12 nitrogen and oxygen atoms in total. The molecular weight excluding hydrogens is 1760 g/mol. The van der Waals surface area contributed by atoms with Crippen molar-refractivity contribution in [3.63, 3.8) is 0 Å². The number of rotatable bonds is 7. The van der Waals surface area contributed by atoms with Crippen LogP contribution in [0.3, 0.4) is 0 Å². The van der Waals surface area contributed by atoms with Crippen LogP contribution in [0, 0.1) is 0 Å². The predicted octanol–water partition coefficient (Wildman–Crippen LogP) is 34.8. The molecule has 0 amide bonds. The van der Waals surface area contributed by atoms with Gasteiger partial charge in [-0.05, 0) is 88.6 Å². The van der Waals surface area contributed by atoms with Gasteiger partial charge in [0.05, 0.1) is 49.3 Å². The van der Waals surface area contributed by atoms with Crippen molar-refractivity contribution < 1.29 is 13.3 Å². The molecule has 12 aromatic heterocycles. The second-order valence-electron chi connectivity index (χ2n) is 35.6. The molecule has 15 heteroatoms. The highest BCUT2D eigenvalue weighted by molar-refractivity contribution is 7.28. The minimum Gasteiger partial charge on any atom is -0.437 e. The maximum Gasteiger partial charge on any atom is 0.233 e. The Morgan fingerprint density at radius 3 is 0.878 bits per heavy atom. The largest absolute Gasteiger partial charge is 0.437 e. The normalized spacial score (nSPS) is 12.2. The molecule has 0 radical (unpaired) electrons. The van der Waals surface area contributed by atoms with Gasteiger partial charge < -0.3 is 13.3 Å². The number of aromatic nitrogens is 9. The molecule has 0 aliphatic rings. The molecule has 0 fully saturated rings. The molecule has 0 saturated carbocycles. The monoisotopic (exact) mass is 1830 g/mol. The number of benzene rings is 20. The number of hydrogen-bond donors (Lipinski definition) is 0.